The lowest BCUT2D eigenvalue weighted by Crippen LogP contribution is -2.36. The Morgan fingerprint density at radius 2 is 1.83 bits per heavy atom. The third kappa shape index (κ3) is 5.08. The van der Waals surface area contributed by atoms with Gasteiger partial charge in [-0.3, -0.25) is 9.59 Å². The fraction of sp³-hybridized carbons (Fsp3) is 0.227. The van der Waals surface area contributed by atoms with E-state index in [1.807, 2.05) is 18.2 Å². The van der Waals surface area contributed by atoms with Gasteiger partial charge in [-0.25, -0.2) is 4.99 Å². The molecular formula is C22H21N3O4S. The average Bonchev–Trinajstić information content (AvgIpc) is 3.09. The molecule has 0 aliphatic carbocycles. The predicted octanol–water partition coefficient (Wildman–Crippen LogP) is 3.04. The van der Waals surface area contributed by atoms with Gasteiger partial charge in [0.25, 0.3) is 5.91 Å². The van der Waals surface area contributed by atoms with Crippen LogP contribution in [0.2, 0.25) is 0 Å². The first kappa shape index (κ1) is 20.2. The molecule has 0 saturated carbocycles. The summed E-state index contributed by atoms with van der Waals surface area (Å²) >= 11 is 1.28. The number of rotatable bonds is 5. The van der Waals surface area contributed by atoms with Gasteiger partial charge >= 0.3 is 5.97 Å². The molecule has 2 aromatic rings. The molecule has 0 radical (unpaired) electrons. The largest absolute Gasteiger partial charge is 0.481 e. The quantitative estimate of drug-likeness (QED) is 0.719. The number of aliphatic carboxylic acids is 1. The van der Waals surface area contributed by atoms with Crippen LogP contribution in [0, 0.1) is 0 Å². The van der Waals surface area contributed by atoms with Gasteiger partial charge in [-0.2, -0.15) is 0 Å². The molecule has 2 fully saturated rings. The molecule has 0 bridgehead atoms. The maximum Gasteiger partial charge on any atom is 0.307 e. The van der Waals surface area contributed by atoms with Gasteiger partial charge in [-0.05, 0) is 53.2 Å². The number of morpholine rings is 1. The highest BCUT2D eigenvalue weighted by molar-refractivity contribution is 8.18. The Labute approximate surface area is 178 Å². The molecule has 2 aliphatic rings. The number of hydrogen-bond acceptors (Lipinski definition) is 6. The number of carboxylic acids is 1. The van der Waals surface area contributed by atoms with E-state index in [-0.39, 0.29) is 12.3 Å². The van der Waals surface area contributed by atoms with E-state index in [2.05, 4.69) is 27.3 Å². The maximum atomic E-state index is 12.3. The lowest BCUT2D eigenvalue weighted by Gasteiger charge is -2.28. The van der Waals surface area contributed by atoms with Crippen molar-refractivity contribution in [1.82, 2.24) is 5.32 Å². The van der Waals surface area contributed by atoms with Gasteiger partial charge in [-0.15, -0.1) is 0 Å². The molecule has 0 aromatic heterocycles. The van der Waals surface area contributed by atoms with Crippen molar-refractivity contribution in [2.75, 3.05) is 31.2 Å². The first-order valence-electron chi connectivity index (χ1n) is 9.60. The SMILES string of the molecule is O=C(O)Cc1ccc(N=C2NC(=O)C(=Cc3ccc(N4CCOCC4)cc3)S2)cc1. The van der Waals surface area contributed by atoms with E-state index in [0.717, 1.165) is 37.6 Å². The second kappa shape index (κ2) is 9.15. The topological polar surface area (TPSA) is 91.2 Å². The lowest BCUT2D eigenvalue weighted by atomic mass is 10.1. The van der Waals surface area contributed by atoms with Gasteiger partial charge in [0.2, 0.25) is 0 Å². The number of thioether (sulfide) groups is 1. The standard InChI is InChI=1S/C22H21N3O4S/c26-20(27)14-16-1-5-17(6-2-16)23-22-24-21(28)19(30-22)13-15-3-7-18(8-4-15)25-9-11-29-12-10-25/h1-8,13H,9-12,14H2,(H,26,27)(H,23,24,28). The molecule has 4 rings (SSSR count). The van der Waals surface area contributed by atoms with Gasteiger partial charge in [-0.1, -0.05) is 24.3 Å². The Balaban J connectivity index is 1.43. The van der Waals surface area contributed by atoms with Crippen molar-refractivity contribution in [3.05, 3.63) is 64.6 Å². The molecule has 2 heterocycles. The lowest BCUT2D eigenvalue weighted by molar-refractivity contribution is -0.136. The van der Waals surface area contributed by atoms with Crippen LogP contribution in [0.4, 0.5) is 11.4 Å². The van der Waals surface area contributed by atoms with Crippen molar-refractivity contribution in [3.8, 4) is 0 Å². The number of carboxylic acid groups (broad SMARTS) is 1. The van der Waals surface area contributed by atoms with Crippen molar-refractivity contribution in [1.29, 1.82) is 0 Å². The van der Waals surface area contributed by atoms with E-state index in [9.17, 15) is 9.59 Å². The summed E-state index contributed by atoms with van der Waals surface area (Å²) in [6, 6.07) is 15.0. The molecule has 0 unspecified atom stereocenters. The Bertz CT molecular complexity index is 994. The zero-order valence-corrected chi connectivity index (χ0v) is 17.0. The Kier molecular flexibility index (Phi) is 6.15. The highest BCUT2D eigenvalue weighted by atomic mass is 32.2. The van der Waals surface area contributed by atoms with E-state index in [0.29, 0.717) is 21.3 Å². The van der Waals surface area contributed by atoms with Crippen LogP contribution in [0.1, 0.15) is 11.1 Å². The van der Waals surface area contributed by atoms with Crippen molar-refractivity contribution < 1.29 is 19.4 Å². The highest BCUT2D eigenvalue weighted by Gasteiger charge is 2.23. The average molecular weight is 423 g/mol. The second-order valence-corrected chi connectivity index (χ2v) is 7.94. The van der Waals surface area contributed by atoms with Crippen LogP contribution in [0.15, 0.2) is 58.4 Å². The van der Waals surface area contributed by atoms with Gasteiger partial charge in [0.1, 0.15) is 0 Å². The zero-order valence-electron chi connectivity index (χ0n) is 16.2. The molecule has 1 amide bonds. The molecule has 2 aromatic carbocycles. The van der Waals surface area contributed by atoms with E-state index < -0.39 is 5.97 Å². The van der Waals surface area contributed by atoms with Gasteiger partial charge in [0.15, 0.2) is 5.17 Å². The Hall–Kier alpha value is -3.10. The molecule has 8 heteroatoms. The summed E-state index contributed by atoms with van der Waals surface area (Å²) in [5, 5.41) is 12.1. The number of hydrogen-bond donors (Lipinski definition) is 2. The summed E-state index contributed by atoms with van der Waals surface area (Å²) in [5.41, 5.74) is 3.46. The summed E-state index contributed by atoms with van der Waals surface area (Å²) in [7, 11) is 0. The summed E-state index contributed by atoms with van der Waals surface area (Å²) < 4.78 is 5.39. The normalized spacial score (nSPS) is 19.3. The zero-order chi connectivity index (χ0) is 20.9. The van der Waals surface area contributed by atoms with Crippen LogP contribution >= 0.6 is 11.8 Å². The minimum atomic E-state index is -0.875. The number of anilines is 1. The fourth-order valence-electron chi connectivity index (χ4n) is 3.22. The van der Waals surface area contributed by atoms with Crippen LogP contribution in [0.5, 0.6) is 0 Å². The molecular weight excluding hydrogens is 402 g/mol. The second-order valence-electron chi connectivity index (χ2n) is 6.91. The van der Waals surface area contributed by atoms with Crippen LogP contribution in [0.3, 0.4) is 0 Å². The minimum absolute atomic E-state index is 0.0282. The number of ether oxygens (including phenoxy) is 1. The predicted molar refractivity (Wildman–Crippen MR) is 118 cm³/mol. The molecule has 7 nitrogen and oxygen atoms in total. The number of amidine groups is 1. The van der Waals surface area contributed by atoms with Crippen molar-refractivity contribution in [3.63, 3.8) is 0 Å². The number of carbonyl (C=O) groups is 2. The minimum Gasteiger partial charge on any atom is -0.481 e. The van der Waals surface area contributed by atoms with Crippen LogP contribution in [-0.4, -0.2) is 48.5 Å². The number of benzene rings is 2. The smallest absolute Gasteiger partial charge is 0.307 e. The van der Waals surface area contributed by atoms with Crippen LogP contribution in [-0.2, 0) is 20.7 Å². The molecule has 30 heavy (non-hydrogen) atoms. The monoisotopic (exact) mass is 423 g/mol. The van der Waals surface area contributed by atoms with Gasteiger partial charge in [0, 0.05) is 18.8 Å². The van der Waals surface area contributed by atoms with Crippen molar-refractivity contribution >= 4 is 46.3 Å². The third-order valence-corrected chi connectivity index (χ3v) is 5.65. The maximum absolute atomic E-state index is 12.3. The van der Waals surface area contributed by atoms with Crippen molar-refractivity contribution in [2.45, 2.75) is 6.42 Å². The number of aliphatic imine (C=N–C) groups is 1. The molecule has 0 atom stereocenters. The number of nitrogens with one attached hydrogen (secondary N) is 1. The van der Waals surface area contributed by atoms with E-state index in [1.54, 1.807) is 24.3 Å². The summed E-state index contributed by atoms with van der Waals surface area (Å²) in [4.78, 5) is 30.4. The van der Waals surface area contributed by atoms with Gasteiger partial charge in [0.05, 0.1) is 30.2 Å². The van der Waals surface area contributed by atoms with Gasteiger partial charge < -0.3 is 20.1 Å². The summed E-state index contributed by atoms with van der Waals surface area (Å²) in [5.74, 6) is -1.06. The number of amides is 1. The number of nitrogens with zero attached hydrogens (tertiary/aromatic N) is 2. The molecule has 2 N–H and O–H groups in total. The first-order chi connectivity index (χ1) is 14.6. The molecule has 154 valence electrons. The Morgan fingerprint density at radius 1 is 1.13 bits per heavy atom. The van der Waals surface area contributed by atoms with E-state index in [1.165, 1.54) is 11.8 Å². The third-order valence-electron chi connectivity index (χ3n) is 4.74. The summed E-state index contributed by atoms with van der Waals surface area (Å²) in [6.07, 6.45) is 1.82. The van der Waals surface area contributed by atoms with E-state index in [4.69, 9.17) is 9.84 Å². The molecule has 2 aliphatic heterocycles. The molecule has 0 spiro atoms. The van der Waals surface area contributed by atoms with E-state index >= 15 is 0 Å². The fourth-order valence-corrected chi connectivity index (χ4v) is 4.06. The van der Waals surface area contributed by atoms with Crippen LogP contribution < -0.4 is 10.2 Å². The van der Waals surface area contributed by atoms with Crippen molar-refractivity contribution in [2.24, 2.45) is 4.99 Å². The van der Waals surface area contributed by atoms with Crippen LogP contribution in [0.25, 0.3) is 6.08 Å². The first-order valence-corrected chi connectivity index (χ1v) is 10.4. The number of carbonyl (C=O) groups excluding carboxylic acids is 1. The summed E-state index contributed by atoms with van der Waals surface area (Å²) in [6.45, 7) is 3.26. The Morgan fingerprint density at radius 3 is 2.50 bits per heavy atom. The highest BCUT2D eigenvalue weighted by Crippen LogP contribution is 2.28. The molecule has 2 saturated heterocycles.